The van der Waals surface area contributed by atoms with Crippen molar-refractivity contribution in [2.24, 2.45) is 5.73 Å². The molecule has 26 heavy (non-hydrogen) atoms. The molecule has 3 heterocycles. The van der Waals surface area contributed by atoms with Crippen LogP contribution in [0.4, 0.5) is 0 Å². The van der Waals surface area contributed by atoms with E-state index in [1.807, 2.05) is 13.1 Å². The van der Waals surface area contributed by atoms with Crippen molar-refractivity contribution in [3.63, 3.8) is 0 Å². The summed E-state index contributed by atoms with van der Waals surface area (Å²) in [5.41, 5.74) is 11.1. The lowest BCUT2D eigenvalue weighted by molar-refractivity contribution is 0.0541. The van der Waals surface area contributed by atoms with E-state index in [1.54, 1.807) is 6.20 Å². The molecule has 2 aromatic rings. The Hall–Kier alpha value is -1.89. The number of aryl methyl sites for hydroxylation is 1. The molecule has 136 valence electrons. The number of halogens is 1. The Morgan fingerprint density at radius 2 is 2.12 bits per heavy atom. The number of nitrogens with two attached hydrogens (primary N) is 1. The van der Waals surface area contributed by atoms with Crippen molar-refractivity contribution >= 4 is 17.6 Å². The van der Waals surface area contributed by atoms with Gasteiger partial charge in [0.15, 0.2) is 0 Å². The van der Waals surface area contributed by atoms with Crippen molar-refractivity contribution in [2.75, 3.05) is 20.1 Å². The van der Waals surface area contributed by atoms with Crippen LogP contribution in [0, 0.1) is 0 Å². The minimum Gasteiger partial charge on any atom is -0.478 e. The van der Waals surface area contributed by atoms with E-state index in [2.05, 4.69) is 14.9 Å². The van der Waals surface area contributed by atoms with Gasteiger partial charge in [0.1, 0.15) is 5.15 Å². The third-order valence-electron chi connectivity index (χ3n) is 6.48. The predicted molar refractivity (Wildman–Crippen MR) is 98.7 cm³/mol. The molecule has 2 aliphatic carbocycles. The van der Waals surface area contributed by atoms with Gasteiger partial charge in [0.2, 0.25) is 0 Å². The molecule has 6 nitrogen and oxygen atoms in total. The van der Waals surface area contributed by atoms with E-state index in [0.717, 1.165) is 60.4 Å². The summed E-state index contributed by atoms with van der Waals surface area (Å²) >= 11 is 6.11. The Morgan fingerprint density at radius 3 is 2.73 bits per heavy atom. The molecule has 5 rings (SSSR count). The summed E-state index contributed by atoms with van der Waals surface area (Å²) in [6, 6.07) is 1.83. The van der Waals surface area contributed by atoms with Gasteiger partial charge in [-0.2, -0.15) is 0 Å². The standard InChI is InChI=1S/C19H21ClN4O2/c1-24-8-18(9-24,19(21)4-5-19)16-14(17(25)26)11-3-2-10-7-22-13(20)6-12(10)15(11)23-16/h6-7,23H,2-5,8-9,21H2,1H3,(H,25,26). The van der Waals surface area contributed by atoms with Gasteiger partial charge in [-0.1, -0.05) is 11.6 Å². The average molecular weight is 373 g/mol. The van der Waals surface area contributed by atoms with Crippen LogP contribution in [0.3, 0.4) is 0 Å². The number of fused-ring (bicyclic) bond motifs is 3. The van der Waals surface area contributed by atoms with Crippen LogP contribution in [0.1, 0.15) is 40.0 Å². The Morgan fingerprint density at radius 1 is 1.38 bits per heavy atom. The van der Waals surface area contributed by atoms with Crippen molar-refractivity contribution in [1.29, 1.82) is 0 Å². The summed E-state index contributed by atoms with van der Waals surface area (Å²) in [5.74, 6) is -0.876. The first-order chi connectivity index (χ1) is 12.3. The first-order valence-electron chi connectivity index (χ1n) is 8.95. The Balaban J connectivity index is 1.75. The maximum atomic E-state index is 12.2. The molecular weight excluding hydrogens is 352 g/mol. The predicted octanol–water partition coefficient (Wildman–Crippen LogP) is 2.20. The zero-order valence-corrected chi connectivity index (χ0v) is 15.4. The second-order valence-electron chi connectivity index (χ2n) is 8.11. The number of rotatable bonds is 3. The Kier molecular flexibility index (Phi) is 3.19. The molecule has 0 amide bonds. The van der Waals surface area contributed by atoms with E-state index in [9.17, 15) is 9.90 Å². The van der Waals surface area contributed by atoms with E-state index in [1.165, 1.54) is 0 Å². The van der Waals surface area contributed by atoms with Crippen molar-refractivity contribution in [3.05, 3.63) is 39.8 Å². The van der Waals surface area contributed by atoms with Gasteiger partial charge < -0.3 is 20.7 Å². The number of nitrogens with zero attached hydrogens (tertiary/aromatic N) is 2. The Bertz CT molecular complexity index is 941. The minimum atomic E-state index is -0.876. The fourth-order valence-corrected chi connectivity index (χ4v) is 5.13. The van der Waals surface area contributed by atoms with E-state index < -0.39 is 5.97 Å². The topological polar surface area (TPSA) is 95.2 Å². The minimum absolute atomic E-state index is 0.310. The summed E-state index contributed by atoms with van der Waals surface area (Å²) in [4.78, 5) is 22.1. The number of aromatic amines is 1. The lowest BCUT2D eigenvalue weighted by Crippen LogP contribution is -2.68. The van der Waals surface area contributed by atoms with Gasteiger partial charge >= 0.3 is 5.97 Å². The number of hydrogen-bond donors (Lipinski definition) is 3. The molecule has 0 atom stereocenters. The first-order valence-corrected chi connectivity index (χ1v) is 9.33. The SMILES string of the molecule is CN1CC(c2[nH]c3c(c2C(=O)O)CCc2cnc(Cl)cc2-3)(C2(N)CC2)C1. The normalized spacial score (nSPS) is 22.3. The van der Waals surface area contributed by atoms with Gasteiger partial charge in [0.05, 0.1) is 16.7 Å². The number of likely N-dealkylation sites (tertiary alicyclic amines) is 1. The highest BCUT2D eigenvalue weighted by Crippen LogP contribution is 2.55. The lowest BCUT2D eigenvalue weighted by Gasteiger charge is -2.52. The van der Waals surface area contributed by atoms with Gasteiger partial charge in [-0.25, -0.2) is 9.78 Å². The molecular formula is C19H21ClN4O2. The number of hydrogen-bond acceptors (Lipinski definition) is 4. The number of carboxylic acid groups (broad SMARTS) is 1. The number of H-pyrrole nitrogens is 1. The number of aromatic nitrogens is 2. The number of carbonyl (C=O) groups is 1. The molecule has 1 aliphatic heterocycles. The van der Waals surface area contributed by atoms with Gasteiger partial charge in [0.25, 0.3) is 0 Å². The number of carboxylic acids is 1. The smallest absolute Gasteiger partial charge is 0.337 e. The molecule has 0 aromatic carbocycles. The molecule has 1 saturated heterocycles. The number of likely N-dealkylation sites (N-methyl/N-ethyl adjacent to an activating group) is 1. The second-order valence-corrected chi connectivity index (χ2v) is 8.50. The molecule has 0 bridgehead atoms. The van der Waals surface area contributed by atoms with E-state index in [4.69, 9.17) is 17.3 Å². The quantitative estimate of drug-likeness (QED) is 0.718. The van der Waals surface area contributed by atoms with Crippen LogP contribution >= 0.6 is 11.6 Å². The number of nitrogens with one attached hydrogen (secondary N) is 1. The second kappa shape index (κ2) is 5.09. The summed E-state index contributed by atoms with van der Waals surface area (Å²) in [5, 5.41) is 10.5. The average Bonchev–Trinajstić information content (AvgIpc) is 3.18. The summed E-state index contributed by atoms with van der Waals surface area (Å²) in [7, 11) is 2.05. The maximum Gasteiger partial charge on any atom is 0.337 e. The van der Waals surface area contributed by atoms with Crippen LogP contribution in [0.25, 0.3) is 11.3 Å². The van der Waals surface area contributed by atoms with Gasteiger partial charge in [0, 0.05) is 36.1 Å². The molecule has 0 radical (unpaired) electrons. The molecule has 1 saturated carbocycles. The fraction of sp³-hybridized carbons (Fsp3) is 0.474. The van der Waals surface area contributed by atoms with Crippen molar-refractivity contribution in [1.82, 2.24) is 14.9 Å². The molecule has 2 fully saturated rings. The molecule has 4 N–H and O–H groups in total. The first kappa shape index (κ1) is 16.3. The van der Waals surface area contributed by atoms with Crippen LogP contribution in [-0.2, 0) is 18.3 Å². The van der Waals surface area contributed by atoms with E-state index in [-0.39, 0.29) is 11.0 Å². The van der Waals surface area contributed by atoms with Crippen molar-refractivity contribution in [2.45, 2.75) is 36.6 Å². The van der Waals surface area contributed by atoms with Crippen LogP contribution in [0.5, 0.6) is 0 Å². The zero-order valence-electron chi connectivity index (χ0n) is 14.6. The monoisotopic (exact) mass is 372 g/mol. The van der Waals surface area contributed by atoms with Crippen LogP contribution in [-0.4, -0.2) is 51.6 Å². The van der Waals surface area contributed by atoms with Gasteiger partial charge in [-0.3, -0.25) is 0 Å². The van der Waals surface area contributed by atoms with Crippen LogP contribution in [0.2, 0.25) is 5.15 Å². The molecule has 2 aromatic heterocycles. The molecule has 0 spiro atoms. The fourth-order valence-electron chi connectivity index (χ4n) is 4.97. The third-order valence-corrected chi connectivity index (χ3v) is 6.69. The third kappa shape index (κ3) is 2.00. The summed E-state index contributed by atoms with van der Waals surface area (Å²) in [6.45, 7) is 1.57. The van der Waals surface area contributed by atoms with E-state index in [0.29, 0.717) is 17.1 Å². The van der Waals surface area contributed by atoms with Crippen LogP contribution < -0.4 is 5.73 Å². The Labute approximate surface area is 156 Å². The molecule has 0 unspecified atom stereocenters. The lowest BCUT2D eigenvalue weighted by atomic mass is 9.68. The summed E-state index contributed by atoms with van der Waals surface area (Å²) in [6.07, 6.45) is 5.13. The highest BCUT2D eigenvalue weighted by molar-refractivity contribution is 6.29. The van der Waals surface area contributed by atoms with E-state index >= 15 is 0 Å². The van der Waals surface area contributed by atoms with Gasteiger partial charge in [-0.15, -0.1) is 0 Å². The van der Waals surface area contributed by atoms with Gasteiger partial charge in [-0.05, 0) is 49.9 Å². The molecule has 7 heteroatoms. The largest absolute Gasteiger partial charge is 0.478 e. The summed E-state index contributed by atoms with van der Waals surface area (Å²) < 4.78 is 0. The van der Waals surface area contributed by atoms with Crippen LogP contribution in [0.15, 0.2) is 12.3 Å². The highest BCUT2D eigenvalue weighted by Gasteiger charge is 2.64. The zero-order chi connectivity index (χ0) is 18.3. The highest BCUT2D eigenvalue weighted by atomic mass is 35.5. The number of pyridine rings is 1. The molecule has 3 aliphatic rings. The van der Waals surface area contributed by atoms with Crippen molar-refractivity contribution in [3.8, 4) is 11.3 Å². The van der Waals surface area contributed by atoms with Crippen molar-refractivity contribution < 1.29 is 9.90 Å². The number of aromatic carboxylic acids is 1. The maximum absolute atomic E-state index is 12.2.